The number of carbonyl (C=O) groups is 3. The van der Waals surface area contributed by atoms with Gasteiger partial charge in [0.25, 0.3) is 0 Å². The van der Waals surface area contributed by atoms with Crippen LogP contribution < -0.4 is 11.1 Å². The van der Waals surface area contributed by atoms with Gasteiger partial charge < -0.3 is 10.6 Å². The van der Waals surface area contributed by atoms with Gasteiger partial charge in [-0.15, -0.1) is 0 Å². The van der Waals surface area contributed by atoms with Crippen LogP contribution >= 0.6 is 0 Å². The van der Waals surface area contributed by atoms with Gasteiger partial charge in [-0.25, -0.2) is 4.79 Å². The zero-order chi connectivity index (χ0) is 12.7. The molecular formula is C9H18N4O3. The van der Waals surface area contributed by atoms with Crippen molar-refractivity contribution in [3.05, 3.63) is 0 Å². The number of nitrogens with two attached hydrogens (primary N) is 1. The van der Waals surface area contributed by atoms with E-state index in [0.29, 0.717) is 6.54 Å². The number of imide groups is 1. The van der Waals surface area contributed by atoms with Crippen molar-refractivity contribution in [3.63, 3.8) is 0 Å². The number of rotatable bonds is 5. The number of nitrogens with zero attached hydrogens (tertiary/aromatic N) is 2. The average Bonchev–Trinajstić information content (AvgIpc) is 2.13. The molecule has 0 fully saturated rings. The van der Waals surface area contributed by atoms with Crippen LogP contribution in [0.25, 0.3) is 0 Å². The average molecular weight is 230 g/mol. The SMILES string of the molecule is CN(CCC(=O)NC(N)=O)CC(=O)N(C)C. The molecule has 0 unspecified atom stereocenters. The number of urea groups is 1. The Morgan fingerprint density at radius 1 is 1.19 bits per heavy atom. The maximum absolute atomic E-state index is 11.3. The summed E-state index contributed by atoms with van der Waals surface area (Å²) in [6.45, 7) is 0.621. The molecule has 0 aliphatic heterocycles. The Labute approximate surface area is 94.6 Å². The van der Waals surface area contributed by atoms with Crippen molar-refractivity contribution in [2.24, 2.45) is 5.73 Å². The summed E-state index contributed by atoms with van der Waals surface area (Å²) in [5, 5.41) is 1.95. The first-order valence-electron chi connectivity index (χ1n) is 4.81. The van der Waals surface area contributed by atoms with Crippen molar-refractivity contribution in [1.29, 1.82) is 0 Å². The lowest BCUT2D eigenvalue weighted by Gasteiger charge is -2.18. The minimum Gasteiger partial charge on any atom is -0.351 e. The molecule has 0 aromatic carbocycles. The van der Waals surface area contributed by atoms with Gasteiger partial charge in [-0.2, -0.15) is 0 Å². The highest BCUT2D eigenvalue weighted by molar-refractivity contribution is 5.93. The van der Waals surface area contributed by atoms with Crippen molar-refractivity contribution in [1.82, 2.24) is 15.1 Å². The summed E-state index contributed by atoms with van der Waals surface area (Å²) in [5.74, 6) is -0.491. The molecule has 7 nitrogen and oxygen atoms in total. The molecule has 0 saturated heterocycles. The monoisotopic (exact) mass is 230 g/mol. The first kappa shape index (κ1) is 14.4. The summed E-state index contributed by atoms with van der Waals surface area (Å²) in [5.41, 5.74) is 4.77. The highest BCUT2D eigenvalue weighted by Gasteiger charge is 2.10. The van der Waals surface area contributed by atoms with Crippen molar-refractivity contribution in [2.75, 3.05) is 34.2 Å². The number of likely N-dealkylation sites (N-methyl/N-ethyl adjacent to an activating group) is 2. The molecule has 4 amide bonds. The minimum absolute atomic E-state index is 0.0437. The maximum atomic E-state index is 11.3. The van der Waals surface area contributed by atoms with Gasteiger partial charge >= 0.3 is 6.03 Å². The normalized spacial score (nSPS) is 10.0. The van der Waals surface area contributed by atoms with Gasteiger partial charge in [0.15, 0.2) is 0 Å². The van der Waals surface area contributed by atoms with Crippen molar-refractivity contribution >= 4 is 17.8 Å². The second kappa shape index (κ2) is 6.78. The van der Waals surface area contributed by atoms with Crippen LogP contribution in [0.1, 0.15) is 6.42 Å². The molecule has 0 bridgehead atoms. The van der Waals surface area contributed by atoms with Crippen molar-refractivity contribution < 1.29 is 14.4 Å². The van der Waals surface area contributed by atoms with E-state index in [9.17, 15) is 14.4 Å². The predicted octanol–water partition coefficient (Wildman–Crippen LogP) is -1.41. The summed E-state index contributed by atoms with van der Waals surface area (Å²) in [7, 11) is 5.05. The summed E-state index contributed by atoms with van der Waals surface area (Å²) < 4.78 is 0. The first-order chi connectivity index (χ1) is 7.32. The Kier molecular flexibility index (Phi) is 6.09. The van der Waals surface area contributed by atoms with E-state index in [1.165, 1.54) is 4.90 Å². The van der Waals surface area contributed by atoms with Crippen molar-refractivity contribution in [2.45, 2.75) is 6.42 Å². The number of hydrogen-bond acceptors (Lipinski definition) is 4. The largest absolute Gasteiger partial charge is 0.351 e. The van der Waals surface area contributed by atoms with E-state index in [1.54, 1.807) is 26.0 Å². The molecule has 0 aliphatic rings. The fraction of sp³-hybridized carbons (Fsp3) is 0.667. The quantitative estimate of drug-likeness (QED) is 0.606. The molecule has 7 heteroatoms. The van der Waals surface area contributed by atoms with Gasteiger partial charge in [-0.05, 0) is 7.05 Å². The second-order valence-corrected chi connectivity index (χ2v) is 3.69. The first-order valence-corrected chi connectivity index (χ1v) is 4.81. The van der Waals surface area contributed by atoms with Crippen LogP contribution in [-0.4, -0.2) is 61.9 Å². The fourth-order valence-electron chi connectivity index (χ4n) is 0.944. The molecule has 0 heterocycles. The molecule has 0 radical (unpaired) electrons. The number of carbonyl (C=O) groups excluding carboxylic acids is 3. The molecule has 0 rings (SSSR count). The molecular weight excluding hydrogens is 212 g/mol. The van der Waals surface area contributed by atoms with Crippen LogP contribution in [0.4, 0.5) is 4.79 Å². The topological polar surface area (TPSA) is 95.7 Å². The maximum Gasteiger partial charge on any atom is 0.318 e. The van der Waals surface area contributed by atoms with E-state index in [0.717, 1.165) is 0 Å². The highest BCUT2D eigenvalue weighted by Crippen LogP contribution is 1.90. The zero-order valence-electron chi connectivity index (χ0n) is 9.82. The third kappa shape index (κ3) is 6.77. The Hall–Kier alpha value is -1.63. The Morgan fingerprint density at radius 2 is 1.75 bits per heavy atom. The van der Waals surface area contributed by atoms with Crippen LogP contribution in [0.3, 0.4) is 0 Å². The van der Waals surface area contributed by atoms with Gasteiger partial charge in [-0.1, -0.05) is 0 Å². The standard InChI is InChI=1S/C9H18N4O3/c1-12(2)8(15)6-13(3)5-4-7(14)11-9(10)16/h4-6H2,1-3H3,(H3,10,11,14,16). The predicted molar refractivity (Wildman–Crippen MR) is 58.5 cm³/mol. The van der Waals surface area contributed by atoms with E-state index in [1.807, 2.05) is 5.32 Å². The van der Waals surface area contributed by atoms with E-state index in [-0.39, 0.29) is 18.9 Å². The third-order valence-electron chi connectivity index (χ3n) is 1.89. The number of primary amides is 1. The highest BCUT2D eigenvalue weighted by atomic mass is 16.2. The van der Waals surface area contributed by atoms with Crippen LogP contribution in [0.2, 0.25) is 0 Å². The van der Waals surface area contributed by atoms with Gasteiger partial charge in [0, 0.05) is 27.1 Å². The van der Waals surface area contributed by atoms with Crippen LogP contribution in [0.15, 0.2) is 0 Å². The molecule has 0 atom stereocenters. The molecule has 0 aromatic heterocycles. The number of amides is 4. The lowest BCUT2D eigenvalue weighted by molar-refractivity contribution is -0.130. The smallest absolute Gasteiger partial charge is 0.318 e. The van der Waals surface area contributed by atoms with Crippen LogP contribution in [0.5, 0.6) is 0 Å². The summed E-state index contributed by atoms with van der Waals surface area (Å²) in [4.78, 5) is 35.8. The fourth-order valence-corrected chi connectivity index (χ4v) is 0.944. The third-order valence-corrected chi connectivity index (χ3v) is 1.89. The number of nitrogens with one attached hydrogen (secondary N) is 1. The summed E-state index contributed by atoms with van der Waals surface area (Å²) in [6, 6.07) is -0.864. The Bertz CT molecular complexity index is 278. The molecule has 0 saturated carbocycles. The minimum atomic E-state index is -0.864. The molecule has 3 N–H and O–H groups in total. The lowest BCUT2D eigenvalue weighted by Crippen LogP contribution is -2.39. The molecule has 92 valence electrons. The van der Waals surface area contributed by atoms with E-state index >= 15 is 0 Å². The van der Waals surface area contributed by atoms with Gasteiger partial charge in [0.05, 0.1) is 6.54 Å². The van der Waals surface area contributed by atoms with Crippen LogP contribution in [-0.2, 0) is 9.59 Å². The van der Waals surface area contributed by atoms with Crippen molar-refractivity contribution in [3.8, 4) is 0 Å². The number of hydrogen-bond donors (Lipinski definition) is 2. The Balaban J connectivity index is 3.81. The molecule has 0 aliphatic carbocycles. The van der Waals surface area contributed by atoms with Gasteiger partial charge in [0.1, 0.15) is 0 Å². The van der Waals surface area contributed by atoms with E-state index in [2.05, 4.69) is 0 Å². The van der Waals surface area contributed by atoms with Gasteiger partial charge in [-0.3, -0.25) is 19.8 Å². The second-order valence-electron chi connectivity index (χ2n) is 3.69. The molecule has 0 aromatic rings. The summed E-state index contributed by atoms with van der Waals surface area (Å²) >= 11 is 0. The summed E-state index contributed by atoms with van der Waals surface area (Å²) in [6.07, 6.45) is 0.125. The molecule has 0 spiro atoms. The van der Waals surface area contributed by atoms with Gasteiger partial charge in [0.2, 0.25) is 11.8 Å². The van der Waals surface area contributed by atoms with Crippen LogP contribution in [0, 0.1) is 0 Å². The zero-order valence-corrected chi connectivity index (χ0v) is 9.82. The van der Waals surface area contributed by atoms with E-state index in [4.69, 9.17) is 5.73 Å². The lowest BCUT2D eigenvalue weighted by atomic mass is 10.3. The van der Waals surface area contributed by atoms with E-state index < -0.39 is 11.9 Å². The molecule has 16 heavy (non-hydrogen) atoms. The Morgan fingerprint density at radius 3 is 2.19 bits per heavy atom.